The zero-order valence-corrected chi connectivity index (χ0v) is 7.32. The van der Waals surface area contributed by atoms with E-state index in [0.717, 1.165) is 0 Å². The second-order valence-corrected chi connectivity index (χ2v) is 2.79. The third-order valence-electron chi connectivity index (χ3n) is 1.51. The highest BCUT2D eigenvalue weighted by Gasteiger charge is 2.26. The molecule has 0 aliphatic carbocycles. The van der Waals surface area contributed by atoms with E-state index in [-0.39, 0.29) is 13.1 Å². The molecule has 6 heteroatoms. The Morgan fingerprint density at radius 2 is 2.08 bits per heavy atom. The quantitative estimate of drug-likeness (QED) is 0.696. The maximum Gasteiger partial charge on any atom is 0.390 e. The molecular formula is C7H13F3N2O. The summed E-state index contributed by atoms with van der Waals surface area (Å²) in [6.45, 7) is 1.31. The molecule has 0 aliphatic heterocycles. The van der Waals surface area contributed by atoms with Crippen molar-refractivity contribution in [3.63, 3.8) is 0 Å². The van der Waals surface area contributed by atoms with Crippen LogP contribution in [0.4, 0.5) is 13.2 Å². The fourth-order valence-electron chi connectivity index (χ4n) is 0.609. The standard InChI is InChI=1S/C7H13F3N2O/c1-5(4-11)6(13)12-3-2-7(8,9)10/h5H,2-4,11H2,1H3,(H,12,13). The van der Waals surface area contributed by atoms with Gasteiger partial charge in [0.25, 0.3) is 0 Å². The lowest BCUT2D eigenvalue weighted by atomic mass is 10.2. The van der Waals surface area contributed by atoms with Gasteiger partial charge in [0.1, 0.15) is 0 Å². The first-order valence-electron chi connectivity index (χ1n) is 3.91. The van der Waals surface area contributed by atoms with Crippen molar-refractivity contribution in [3.8, 4) is 0 Å². The maximum atomic E-state index is 11.6. The van der Waals surface area contributed by atoms with Gasteiger partial charge < -0.3 is 11.1 Å². The van der Waals surface area contributed by atoms with E-state index in [1.54, 1.807) is 6.92 Å². The molecule has 0 radical (unpaired) electrons. The Bertz CT molecular complexity index is 170. The summed E-state index contributed by atoms with van der Waals surface area (Å²) in [7, 11) is 0. The largest absolute Gasteiger partial charge is 0.390 e. The lowest BCUT2D eigenvalue weighted by Crippen LogP contribution is -2.35. The average Bonchev–Trinajstić information content (AvgIpc) is 2.00. The van der Waals surface area contributed by atoms with Crippen molar-refractivity contribution in [2.24, 2.45) is 11.7 Å². The molecule has 0 aromatic heterocycles. The van der Waals surface area contributed by atoms with Gasteiger partial charge in [0.05, 0.1) is 6.42 Å². The Labute approximate surface area is 74.5 Å². The summed E-state index contributed by atoms with van der Waals surface area (Å²) >= 11 is 0. The van der Waals surface area contributed by atoms with E-state index in [1.165, 1.54) is 0 Å². The Kier molecular flexibility index (Phi) is 4.76. The number of carbonyl (C=O) groups excluding carboxylic acids is 1. The first-order valence-corrected chi connectivity index (χ1v) is 3.91. The van der Waals surface area contributed by atoms with Crippen molar-refractivity contribution in [1.29, 1.82) is 0 Å². The maximum absolute atomic E-state index is 11.6. The van der Waals surface area contributed by atoms with Gasteiger partial charge in [0.2, 0.25) is 5.91 Å². The van der Waals surface area contributed by atoms with Crippen molar-refractivity contribution in [2.45, 2.75) is 19.5 Å². The van der Waals surface area contributed by atoms with Gasteiger partial charge in [-0.15, -0.1) is 0 Å². The number of nitrogens with one attached hydrogen (secondary N) is 1. The molecule has 1 atom stereocenters. The van der Waals surface area contributed by atoms with Crippen LogP contribution in [0.1, 0.15) is 13.3 Å². The number of carbonyl (C=O) groups is 1. The van der Waals surface area contributed by atoms with Crippen molar-refractivity contribution in [2.75, 3.05) is 13.1 Å². The summed E-state index contributed by atoms with van der Waals surface area (Å²) in [6, 6.07) is 0. The number of hydrogen-bond donors (Lipinski definition) is 2. The summed E-state index contributed by atoms with van der Waals surface area (Å²) in [5.74, 6) is -0.875. The molecule has 1 unspecified atom stereocenters. The van der Waals surface area contributed by atoms with Crippen LogP contribution in [-0.2, 0) is 4.79 Å². The molecule has 0 bridgehead atoms. The lowest BCUT2D eigenvalue weighted by molar-refractivity contribution is -0.136. The smallest absolute Gasteiger partial charge is 0.355 e. The highest BCUT2D eigenvalue weighted by molar-refractivity contribution is 5.78. The zero-order chi connectivity index (χ0) is 10.5. The van der Waals surface area contributed by atoms with Gasteiger partial charge in [-0.05, 0) is 0 Å². The van der Waals surface area contributed by atoms with Gasteiger partial charge in [-0.2, -0.15) is 13.2 Å². The highest BCUT2D eigenvalue weighted by Crippen LogP contribution is 2.18. The minimum Gasteiger partial charge on any atom is -0.355 e. The lowest BCUT2D eigenvalue weighted by Gasteiger charge is -2.10. The van der Waals surface area contributed by atoms with Crippen LogP contribution in [0.2, 0.25) is 0 Å². The van der Waals surface area contributed by atoms with Crippen LogP contribution >= 0.6 is 0 Å². The molecule has 0 spiro atoms. The van der Waals surface area contributed by atoms with Gasteiger partial charge in [0.15, 0.2) is 0 Å². The number of nitrogens with two attached hydrogens (primary N) is 1. The summed E-state index contributed by atoms with van der Waals surface area (Å²) in [4.78, 5) is 10.9. The minimum absolute atomic E-state index is 0.137. The molecule has 0 saturated heterocycles. The van der Waals surface area contributed by atoms with Crippen molar-refractivity contribution >= 4 is 5.91 Å². The molecule has 0 fully saturated rings. The fourth-order valence-corrected chi connectivity index (χ4v) is 0.609. The molecule has 3 nitrogen and oxygen atoms in total. The number of halogens is 3. The first kappa shape index (κ1) is 12.2. The summed E-state index contributed by atoms with van der Waals surface area (Å²) in [5.41, 5.74) is 5.15. The Hall–Kier alpha value is -0.780. The van der Waals surface area contributed by atoms with Crippen molar-refractivity contribution < 1.29 is 18.0 Å². The average molecular weight is 198 g/mol. The Morgan fingerprint density at radius 3 is 2.46 bits per heavy atom. The second kappa shape index (κ2) is 5.06. The third-order valence-corrected chi connectivity index (χ3v) is 1.51. The van der Waals surface area contributed by atoms with E-state index in [2.05, 4.69) is 5.32 Å². The molecule has 13 heavy (non-hydrogen) atoms. The molecule has 1 amide bonds. The number of rotatable bonds is 4. The second-order valence-electron chi connectivity index (χ2n) is 2.79. The predicted molar refractivity (Wildman–Crippen MR) is 41.9 cm³/mol. The first-order chi connectivity index (χ1) is 5.87. The summed E-state index contributed by atoms with van der Waals surface area (Å²) in [5, 5.41) is 2.15. The molecule has 0 saturated carbocycles. The predicted octanol–water partition coefficient (Wildman–Crippen LogP) is 0.650. The summed E-state index contributed by atoms with van der Waals surface area (Å²) in [6.07, 6.45) is -5.23. The van der Waals surface area contributed by atoms with Crippen LogP contribution < -0.4 is 11.1 Å². The van der Waals surface area contributed by atoms with Gasteiger partial charge in [0, 0.05) is 19.0 Å². The fraction of sp³-hybridized carbons (Fsp3) is 0.857. The van der Waals surface area contributed by atoms with Gasteiger partial charge >= 0.3 is 6.18 Å². The molecule has 0 aromatic rings. The van der Waals surface area contributed by atoms with Crippen LogP contribution in [0.15, 0.2) is 0 Å². The third kappa shape index (κ3) is 6.39. The number of hydrogen-bond acceptors (Lipinski definition) is 2. The molecule has 0 rings (SSSR count). The molecular weight excluding hydrogens is 185 g/mol. The SMILES string of the molecule is CC(CN)C(=O)NCCC(F)(F)F. The molecule has 3 N–H and O–H groups in total. The number of amides is 1. The van der Waals surface area contributed by atoms with Gasteiger partial charge in [-0.3, -0.25) is 4.79 Å². The molecule has 0 aromatic carbocycles. The van der Waals surface area contributed by atoms with E-state index in [1.807, 2.05) is 0 Å². The van der Waals surface area contributed by atoms with Crippen LogP contribution in [0.25, 0.3) is 0 Å². The Morgan fingerprint density at radius 1 is 1.54 bits per heavy atom. The molecule has 0 aliphatic rings. The topological polar surface area (TPSA) is 55.1 Å². The number of alkyl halides is 3. The Balaban J connectivity index is 3.60. The van der Waals surface area contributed by atoms with E-state index >= 15 is 0 Å². The molecule has 0 heterocycles. The van der Waals surface area contributed by atoms with Crippen molar-refractivity contribution in [1.82, 2.24) is 5.32 Å². The van der Waals surface area contributed by atoms with Crippen LogP contribution in [0.3, 0.4) is 0 Å². The summed E-state index contributed by atoms with van der Waals surface area (Å²) < 4.78 is 34.8. The van der Waals surface area contributed by atoms with Crippen LogP contribution in [0.5, 0.6) is 0 Å². The van der Waals surface area contributed by atoms with Crippen molar-refractivity contribution in [3.05, 3.63) is 0 Å². The highest BCUT2D eigenvalue weighted by atomic mass is 19.4. The van der Waals surface area contributed by atoms with Gasteiger partial charge in [-0.1, -0.05) is 6.92 Å². The van der Waals surface area contributed by atoms with E-state index in [9.17, 15) is 18.0 Å². The van der Waals surface area contributed by atoms with E-state index in [0.29, 0.717) is 0 Å². The van der Waals surface area contributed by atoms with Crippen LogP contribution in [-0.4, -0.2) is 25.2 Å². The van der Waals surface area contributed by atoms with Gasteiger partial charge in [-0.25, -0.2) is 0 Å². The normalized spacial score (nSPS) is 13.9. The minimum atomic E-state index is -4.22. The van der Waals surface area contributed by atoms with Crippen LogP contribution in [0, 0.1) is 5.92 Å². The molecule has 78 valence electrons. The zero-order valence-electron chi connectivity index (χ0n) is 7.32. The van der Waals surface area contributed by atoms with E-state index in [4.69, 9.17) is 5.73 Å². The van der Waals surface area contributed by atoms with E-state index < -0.39 is 24.4 Å². The monoisotopic (exact) mass is 198 g/mol.